The van der Waals surface area contributed by atoms with Gasteiger partial charge in [0.2, 0.25) is 5.91 Å². The average Bonchev–Trinajstić information content (AvgIpc) is 2.43. The van der Waals surface area contributed by atoms with E-state index in [1.807, 2.05) is 0 Å². The predicted molar refractivity (Wildman–Crippen MR) is 80.7 cm³/mol. The van der Waals surface area contributed by atoms with Crippen molar-refractivity contribution >= 4 is 5.91 Å². The van der Waals surface area contributed by atoms with Crippen molar-refractivity contribution in [1.29, 1.82) is 0 Å². The summed E-state index contributed by atoms with van der Waals surface area (Å²) in [6.07, 6.45) is 12.5. The minimum absolute atomic E-state index is 0.0310. The fraction of sp³-hybridized carbons (Fsp3) is 0.706. The van der Waals surface area contributed by atoms with E-state index in [0.717, 1.165) is 19.3 Å². The molecule has 0 aromatic carbocycles. The molecule has 2 saturated carbocycles. The van der Waals surface area contributed by atoms with Crippen LogP contribution in [-0.2, 0) is 4.79 Å². The number of allylic oxidation sites excluding steroid dienone is 2. The molecule has 3 heteroatoms. The highest BCUT2D eigenvalue weighted by Gasteiger charge is 2.46. The Hall–Kier alpha value is -1.09. The van der Waals surface area contributed by atoms with Gasteiger partial charge in [-0.15, -0.1) is 0 Å². The molecule has 0 aliphatic heterocycles. The van der Waals surface area contributed by atoms with Gasteiger partial charge < -0.3 is 11.5 Å². The van der Waals surface area contributed by atoms with E-state index in [-0.39, 0.29) is 23.3 Å². The summed E-state index contributed by atoms with van der Waals surface area (Å²) in [5, 5.41) is 0. The van der Waals surface area contributed by atoms with Crippen LogP contribution in [0.25, 0.3) is 0 Å². The van der Waals surface area contributed by atoms with Gasteiger partial charge in [-0.3, -0.25) is 4.79 Å². The summed E-state index contributed by atoms with van der Waals surface area (Å²) >= 11 is 0. The van der Waals surface area contributed by atoms with E-state index in [1.54, 1.807) is 0 Å². The van der Waals surface area contributed by atoms with Gasteiger partial charge in [-0.25, -0.2) is 0 Å². The molecule has 0 aromatic heterocycles. The lowest BCUT2D eigenvalue weighted by atomic mass is 9.57. The summed E-state index contributed by atoms with van der Waals surface area (Å²) in [4.78, 5) is 11.5. The normalized spacial score (nSPS) is 40.8. The summed E-state index contributed by atoms with van der Waals surface area (Å²) in [6.45, 7) is 2.30. The minimum atomic E-state index is -0.210. The zero-order valence-corrected chi connectivity index (χ0v) is 12.4. The van der Waals surface area contributed by atoms with E-state index >= 15 is 0 Å². The molecule has 2 fully saturated rings. The summed E-state index contributed by atoms with van der Waals surface area (Å²) in [7, 11) is 0. The van der Waals surface area contributed by atoms with Gasteiger partial charge in [0.1, 0.15) is 0 Å². The number of nitrogens with two attached hydrogens (primary N) is 2. The molecule has 0 radical (unpaired) electrons. The van der Waals surface area contributed by atoms with Crippen molar-refractivity contribution in [2.45, 2.75) is 57.9 Å². The van der Waals surface area contributed by atoms with Gasteiger partial charge in [0.05, 0.1) is 5.92 Å². The van der Waals surface area contributed by atoms with Crippen molar-refractivity contribution in [1.82, 2.24) is 0 Å². The zero-order chi connectivity index (χ0) is 14.3. The molecular weight excluding hydrogens is 248 g/mol. The first-order valence-corrected chi connectivity index (χ1v) is 7.99. The maximum Gasteiger partial charge on any atom is 0.224 e. The van der Waals surface area contributed by atoms with E-state index in [0.29, 0.717) is 5.92 Å². The van der Waals surface area contributed by atoms with Crippen LogP contribution in [0.4, 0.5) is 0 Å². The van der Waals surface area contributed by atoms with Gasteiger partial charge >= 0.3 is 0 Å². The third kappa shape index (κ3) is 2.12. The van der Waals surface area contributed by atoms with Crippen LogP contribution in [0.2, 0.25) is 0 Å². The molecule has 2 unspecified atom stereocenters. The number of carbonyl (C=O) groups is 1. The van der Waals surface area contributed by atoms with Crippen molar-refractivity contribution in [3.8, 4) is 0 Å². The Morgan fingerprint density at radius 2 is 2.15 bits per heavy atom. The van der Waals surface area contributed by atoms with Crippen molar-refractivity contribution in [3.63, 3.8) is 0 Å². The third-order valence-electron chi connectivity index (χ3n) is 5.81. The molecule has 4 atom stereocenters. The Morgan fingerprint density at radius 1 is 1.35 bits per heavy atom. The molecule has 3 aliphatic carbocycles. The average molecular weight is 274 g/mol. The fourth-order valence-corrected chi connectivity index (χ4v) is 4.47. The monoisotopic (exact) mass is 274 g/mol. The molecule has 1 amide bonds. The number of amides is 1. The number of primary amides is 1. The SMILES string of the molecule is C[C@@]12CCCCCC(CC3=CCC(C(N)=O)C=C31)[C@@H]2N. The first-order valence-electron chi connectivity index (χ1n) is 7.99. The van der Waals surface area contributed by atoms with Crippen LogP contribution in [0.5, 0.6) is 0 Å². The Morgan fingerprint density at radius 3 is 2.90 bits per heavy atom. The van der Waals surface area contributed by atoms with Crippen LogP contribution in [0.3, 0.4) is 0 Å². The van der Waals surface area contributed by atoms with Crippen LogP contribution in [0, 0.1) is 17.3 Å². The van der Waals surface area contributed by atoms with E-state index in [1.165, 1.54) is 36.8 Å². The van der Waals surface area contributed by atoms with Crippen LogP contribution in [0.1, 0.15) is 51.9 Å². The number of carbonyl (C=O) groups excluding carboxylic acids is 1. The Bertz CT molecular complexity index is 479. The van der Waals surface area contributed by atoms with Crippen molar-refractivity contribution in [2.75, 3.05) is 0 Å². The van der Waals surface area contributed by atoms with E-state index in [4.69, 9.17) is 11.5 Å². The predicted octanol–water partition coefficient (Wildman–Crippen LogP) is 2.66. The van der Waals surface area contributed by atoms with Gasteiger partial charge in [-0.2, -0.15) is 0 Å². The molecule has 110 valence electrons. The number of fused-ring (bicyclic) bond motifs is 4. The van der Waals surface area contributed by atoms with Crippen molar-refractivity contribution in [3.05, 3.63) is 23.3 Å². The second-order valence-electron chi connectivity index (χ2n) is 7.06. The zero-order valence-electron chi connectivity index (χ0n) is 12.4. The molecule has 3 nitrogen and oxygen atoms in total. The summed E-state index contributed by atoms with van der Waals surface area (Å²) < 4.78 is 0. The lowest BCUT2D eigenvalue weighted by Crippen LogP contribution is -2.51. The second-order valence-corrected chi connectivity index (χ2v) is 7.06. The third-order valence-corrected chi connectivity index (χ3v) is 5.81. The minimum Gasteiger partial charge on any atom is -0.369 e. The van der Waals surface area contributed by atoms with E-state index < -0.39 is 0 Å². The number of hydrogen-bond acceptors (Lipinski definition) is 2. The van der Waals surface area contributed by atoms with Gasteiger partial charge in [0.15, 0.2) is 0 Å². The topological polar surface area (TPSA) is 69.1 Å². The second kappa shape index (κ2) is 5.03. The molecule has 0 saturated heterocycles. The van der Waals surface area contributed by atoms with Gasteiger partial charge in [-0.05, 0) is 42.7 Å². The first kappa shape index (κ1) is 13.9. The Kier molecular flexibility index (Phi) is 3.49. The molecule has 2 bridgehead atoms. The highest BCUT2D eigenvalue weighted by Crippen LogP contribution is 2.52. The molecular formula is C17H26N2O. The fourth-order valence-electron chi connectivity index (χ4n) is 4.47. The molecule has 0 aromatic rings. The van der Waals surface area contributed by atoms with Crippen LogP contribution < -0.4 is 11.5 Å². The molecule has 0 heterocycles. The lowest BCUT2D eigenvalue weighted by molar-refractivity contribution is -0.120. The number of hydrogen-bond donors (Lipinski definition) is 2. The maximum absolute atomic E-state index is 11.5. The van der Waals surface area contributed by atoms with Gasteiger partial charge in [0, 0.05) is 11.5 Å². The molecule has 4 N–H and O–H groups in total. The van der Waals surface area contributed by atoms with Gasteiger partial charge in [-0.1, -0.05) is 38.3 Å². The summed E-state index contributed by atoms with van der Waals surface area (Å²) in [5.41, 5.74) is 14.9. The highest BCUT2D eigenvalue weighted by molar-refractivity contribution is 5.79. The van der Waals surface area contributed by atoms with Crippen molar-refractivity contribution < 1.29 is 4.79 Å². The molecule has 3 rings (SSSR count). The Balaban J connectivity index is 2.00. The quantitative estimate of drug-likeness (QED) is 0.772. The lowest BCUT2D eigenvalue weighted by Gasteiger charge is -2.50. The van der Waals surface area contributed by atoms with Crippen LogP contribution in [-0.4, -0.2) is 11.9 Å². The Labute approximate surface area is 121 Å². The van der Waals surface area contributed by atoms with Crippen molar-refractivity contribution in [2.24, 2.45) is 28.7 Å². The number of rotatable bonds is 1. The summed E-state index contributed by atoms with van der Waals surface area (Å²) in [6, 6.07) is 0.220. The highest BCUT2D eigenvalue weighted by atomic mass is 16.1. The standard InChI is InChI=1S/C17H26N2O/c1-17-8-4-2-3-5-12(15(17)18)9-11-6-7-13(16(19)20)10-14(11)17/h6,10,12-13,15H,2-5,7-9,18H2,1H3,(H2,19,20)/t12?,13?,15-,17+/m0/s1. The van der Waals surface area contributed by atoms with Gasteiger partial charge in [0.25, 0.3) is 0 Å². The van der Waals surface area contributed by atoms with Crippen LogP contribution >= 0.6 is 0 Å². The first-order chi connectivity index (χ1) is 9.52. The maximum atomic E-state index is 11.5. The van der Waals surface area contributed by atoms with Crippen LogP contribution in [0.15, 0.2) is 23.3 Å². The van der Waals surface area contributed by atoms with E-state index in [9.17, 15) is 4.79 Å². The molecule has 3 aliphatic rings. The van der Waals surface area contributed by atoms with E-state index in [2.05, 4.69) is 19.1 Å². The molecule has 20 heavy (non-hydrogen) atoms. The molecule has 0 spiro atoms. The largest absolute Gasteiger partial charge is 0.369 e. The smallest absolute Gasteiger partial charge is 0.224 e. The summed E-state index contributed by atoms with van der Waals surface area (Å²) in [5.74, 6) is 0.256.